The van der Waals surface area contributed by atoms with E-state index in [2.05, 4.69) is 9.97 Å². The summed E-state index contributed by atoms with van der Waals surface area (Å²) in [4.78, 5) is 22.9. The first-order valence-corrected chi connectivity index (χ1v) is 10.1. The van der Waals surface area contributed by atoms with Gasteiger partial charge in [0, 0.05) is 55.9 Å². The molecule has 2 aromatic heterocycles. The molecule has 1 saturated heterocycles. The number of rotatable bonds is 4. The fraction of sp³-hybridized carbons (Fsp3) is 0.350. The van der Waals surface area contributed by atoms with Crippen LogP contribution in [0.5, 0.6) is 5.75 Å². The number of fused-ring (bicyclic) bond motifs is 1. The molecule has 4 rings (SSSR count). The summed E-state index contributed by atoms with van der Waals surface area (Å²) in [6.45, 7) is 1.47. The molecule has 0 unspecified atom stereocenters. The molecule has 0 radical (unpaired) electrons. The number of pyridine rings is 1. The number of piperidine rings is 1. The molecule has 0 spiro atoms. The lowest BCUT2D eigenvalue weighted by Crippen LogP contribution is -2.40. The van der Waals surface area contributed by atoms with Crippen molar-refractivity contribution in [1.82, 2.24) is 19.4 Å². The van der Waals surface area contributed by atoms with Crippen LogP contribution >= 0.6 is 11.8 Å². The average molecular weight is 382 g/mol. The van der Waals surface area contributed by atoms with Gasteiger partial charge in [-0.3, -0.25) is 4.98 Å². The van der Waals surface area contributed by atoms with E-state index in [-0.39, 0.29) is 6.09 Å². The lowest BCUT2D eigenvalue weighted by atomic mass is 9.99. The molecule has 1 amide bonds. The Labute approximate surface area is 162 Å². The van der Waals surface area contributed by atoms with Crippen LogP contribution in [0.1, 0.15) is 12.8 Å². The number of hydrogen-bond donors (Lipinski definition) is 0. The van der Waals surface area contributed by atoms with E-state index in [9.17, 15) is 4.79 Å². The van der Waals surface area contributed by atoms with Gasteiger partial charge in [0.1, 0.15) is 5.75 Å². The van der Waals surface area contributed by atoms with Crippen LogP contribution in [0.4, 0.5) is 4.79 Å². The maximum atomic E-state index is 12.5. The number of imidazole rings is 1. The number of carbonyl (C=O) groups excluding carboxylic acids is 1. The van der Waals surface area contributed by atoms with Gasteiger partial charge in [0.25, 0.3) is 0 Å². The molecule has 1 aliphatic heterocycles. The maximum Gasteiger partial charge on any atom is 0.415 e. The van der Waals surface area contributed by atoms with Gasteiger partial charge in [-0.2, -0.15) is 0 Å². The summed E-state index contributed by atoms with van der Waals surface area (Å²) >= 11 is 1.78. The van der Waals surface area contributed by atoms with Crippen molar-refractivity contribution in [3.05, 3.63) is 48.9 Å². The molecule has 3 heterocycles. The predicted octanol–water partition coefficient (Wildman–Crippen LogP) is 3.97. The summed E-state index contributed by atoms with van der Waals surface area (Å²) in [5.41, 5.74) is 0.827. The van der Waals surface area contributed by atoms with E-state index < -0.39 is 0 Å². The molecule has 27 heavy (non-hydrogen) atoms. The molecule has 1 fully saturated rings. The lowest BCUT2D eigenvalue weighted by molar-refractivity contribution is 0.134. The number of carbonyl (C=O) groups is 1. The Balaban J connectivity index is 1.28. The van der Waals surface area contributed by atoms with E-state index in [0.717, 1.165) is 47.7 Å². The highest BCUT2D eigenvalue weighted by Crippen LogP contribution is 2.26. The van der Waals surface area contributed by atoms with Gasteiger partial charge < -0.3 is 14.2 Å². The molecule has 0 atom stereocenters. The first kappa shape index (κ1) is 17.9. The van der Waals surface area contributed by atoms with Crippen LogP contribution in [0.2, 0.25) is 0 Å². The average Bonchev–Trinajstić information content (AvgIpc) is 3.11. The van der Waals surface area contributed by atoms with E-state index in [1.54, 1.807) is 22.9 Å². The molecule has 0 saturated carbocycles. The molecule has 1 aliphatic rings. The molecular formula is C20H22N4O2S. The number of ether oxygens (including phenoxy) is 1. The molecular weight excluding hydrogens is 360 g/mol. The minimum Gasteiger partial charge on any atom is -0.410 e. The SMILES string of the molecule is Cn1ccnc1SCC1CCN(C(=O)Oc2ccc3cccnc3c2)CC1. The van der Waals surface area contributed by atoms with Crippen LogP contribution in [0, 0.1) is 5.92 Å². The molecule has 6 nitrogen and oxygen atoms in total. The predicted molar refractivity (Wildman–Crippen MR) is 106 cm³/mol. The number of thioether (sulfide) groups is 1. The van der Waals surface area contributed by atoms with E-state index in [1.165, 1.54) is 0 Å². The van der Waals surface area contributed by atoms with Gasteiger partial charge in [-0.25, -0.2) is 9.78 Å². The van der Waals surface area contributed by atoms with Gasteiger partial charge in [-0.1, -0.05) is 17.8 Å². The minimum absolute atomic E-state index is 0.277. The normalized spacial score (nSPS) is 15.2. The van der Waals surface area contributed by atoms with Gasteiger partial charge in [-0.05, 0) is 37.0 Å². The van der Waals surface area contributed by atoms with Crippen LogP contribution in [-0.4, -0.2) is 44.4 Å². The zero-order valence-corrected chi connectivity index (χ0v) is 16.1. The second kappa shape index (κ2) is 8.00. The Morgan fingerprint density at radius 1 is 1.22 bits per heavy atom. The summed E-state index contributed by atoms with van der Waals surface area (Å²) in [6, 6.07) is 9.43. The molecule has 0 N–H and O–H groups in total. The molecule has 140 valence electrons. The monoisotopic (exact) mass is 382 g/mol. The number of aryl methyl sites for hydroxylation is 1. The zero-order valence-electron chi connectivity index (χ0n) is 15.2. The van der Waals surface area contributed by atoms with Gasteiger partial charge in [0.15, 0.2) is 5.16 Å². The maximum absolute atomic E-state index is 12.5. The Morgan fingerprint density at radius 3 is 2.85 bits per heavy atom. The van der Waals surface area contributed by atoms with Gasteiger partial charge in [-0.15, -0.1) is 0 Å². The molecule has 3 aromatic rings. The number of likely N-dealkylation sites (tertiary alicyclic amines) is 1. The first-order valence-electron chi connectivity index (χ1n) is 9.11. The number of hydrogen-bond acceptors (Lipinski definition) is 5. The second-order valence-corrected chi connectivity index (χ2v) is 7.78. The third kappa shape index (κ3) is 4.24. The number of nitrogens with zero attached hydrogens (tertiary/aromatic N) is 4. The first-order chi connectivity index (χ1) is 13.2. The van der Waals surface area contributed by atoms with Crippen molar-refractivity contribution in [2.75, 3.05) is 18.8 Å². The number of amides is 1. The highest BCUT2D eigenvalue weighted by atomic mass is 32.2. The van der Waals surface area contributed by atoms with E-state index >= 15 is 0 Å². The standard InChI is InChI=1S/C20H22N4O2S/c1-23-12-9-22-19(23)27-14-15-6-10-24(11-7-15)20(25)26-17-5-4-16-3-2-8-21-18(16)13-17/h2-5,8-9,12-13,15H,6-7,10-11,14H2,1H3. The highest BCUT2D eigenvalue weighted by Gasteiger charge is 2.24. The van der Waals surface area contributed by atoms with E-state index in [4.69, 9.17) is 4.74 Å². The quantitative estimate of drug-likeness (QED) is 0.639. The van der Waals surface area contributed by atoms with E-state index in [0.29, 0.717) is 11.7 Å². The summed E-state index contributed by atoms with van der Waals surface area (Å²) in [5.74, 6) is 2.17. The smallest absolute Gasteiger partial charge is 0.410 e. The van der Waals surface area contributed by atoms with Crippen molar-refractivity contribution in [1.29, 1.82) is 0 Å². The molecule has 7 heteroatoms. The third-order valence-electron chi connectivity index (χ3n) is 4.88. The number of aromatic nitrogens is 3. The number of benzene rings is 1. The van der Waals surface area contributed by atoms with Crippen LogP contribution in [0.15, 0.2) is 54.1 Å². The van der Waals surface area contributed by atoms with Crippen LogP contribution < -0.4 is 4.74 Å². The summed E-state index contributed by atoms with van der Waals surface area (Å²) < 4.78 is 7.60. The van der Waals surface area contributed by atoms with Crippen molar-refractivity contribution in [2.24, 2.45) is 13.0 Å². The van der Waals surface area contributed by atoms with Crippen LogP contribution in [-0.2, 0) is 7.05 Å². The fourth-order valence-electron chi connectivity index (χ4n) is 3.24. The highest BCUT2D eigenvalue weighted by molar-refractivity contribution is 7.99. The molecule has 0 bridgehead atoms. The van der Waals surface area contributed by atoms with Crippen LogP contribution in [0.25, 0.3) is 10.9 Å². The van der Waals surface area contributed by atoms with Gasteiger partial charge >= 0.3 is 6.09 Å². The van der Waals surface area contributed by atoms with Gasteiger partial charge in [0.2, 0.25) is 0 Å². The lowest BCUT2D eigenvalue weighted by Gasteiger charge is -2.31. The Hall–Kier alpha value is -2.54. The van der Waals surface area contributed by atoms with Crippen molar-refractivity contribution < 1.29 is 9.53 Å². The summed E-state index contributed by atoms with van der Waals surface area (Å²) in [6.07, 6.45) is 7.23. The largest absolute Gasteiger partial charge is 0.415 e. The van der Waals surface area contributed by atoms with Crippen molar-refractivity contribution in [2.45, 2.75) is 18.0 Å². The zero-order chi connectivity index (χ0) is 18.6. The molecule has 1 aromatic carbocycles. The van der Waals surface area contributed by atoms with Crippen molar-refractivity contribution in [3.63, 3.8) is 0 Å². The Morgan fingerprint density at radius 2 is 2.07 bits per heavy atom. The topological polar surface area (TPSA) is 60.2 Å². The van der Waals surface area contributed by atoms with Crippen LogP contribution in [0.3, 0.4) is 0 Å². The third-order valence-corrected chi connectivity index (χ3v) is 6.17. The Kier molecular flexibility index (Phi) is 5.29. The van der Waals surface area contributed by atoms with E-state index in [1.807, 2.05) is 54.3 Å². The van der Waals surface area contributed by atoms with Crippen molar-refractivity contribution >= 4 is 28.8 Å². The summed E-state index contributed by atoms with van der Waals surface area (Å²) in [5, 5.41) is 2.07. The molecule has 0 aliphatic carbocycles. The van der Waals surface area contributed by atoms with Crippen molar-refractivity contribution in [3.8, 4) is 5.75 Å². The Bertz CT molecular complexity index is 934. The summed E-state index contributed by atoms with van der Waals surface area (Å²) in [7, 11) is 2.01. The van der Waals surface area contributed by atoms with Gasteiger partial charge in [0.05, 0.1) is 5.52 Å². The fourth-order valence-corrected chi connectivity index (χ4v) is 4.36. The second-order valence-electron chi connectivity index (χ2n) is 6.79. The minimum atomic E-state index is -0.277.